The van der Waals surface area contributed by atoms with Crippen LogP contribution in [0.25, 0.3) is 0 Å². The van der Waals surface area contributed by atoms with E-state index in [-0.39, 0.29) is 24.6 Å². The van der Waals surface area contributed by atoms with E-state index in [1.165, 1.54) is 12.1 Å². The summed E-state index contributed by atoms with van der Waals surface area (Å²) in [7, 11) is 0. The van der Waals surface area contributed by atoms with E-state index in [0.29, 0.717) is 17.9 Å². The minimum absolute atomic E-state index is 0.0698. The highest BCUT2D eigenvalue weighted by Crippen LogP contribution is 2.28. The summed E-state index contributed by atoms with van der Waals surface area (Å²) in [6, 6.07) is 13.6. The van der Waals surface area contributed by atoms with Gasteiger partial charge in [0.15, 0.2) is 6.10 Å². The molecule has 2 amide bonds. The van der Waals surface area contributed by atoms with Crippen molar-refractivity contribution >= 4 is 17.5 Å². The maximum Gasteiger partial charge on any atom is 0.411 e. The Kier molecular flexibility index (Phi) is 6.38. The average Bonchev–Trinajstić information content (AvgIpc) is 3.11. The number of anilines is 1. The van der Waals surface area contributed by atoms with Crippen LogP contribution in [0.1, 0.15) is 15.9 Å². The summed E-state index contributed by atoms with van der Waals surface area (Å²) >= 11 is 0. The fourth-order valence-corrected chi connectivity index (χ4v) is 2.82. The molecular weight excluding hydrogens is 389 g/mol. The van der Waals surface area contributed by atoms with Gasteiger partial charge in [-0.1, -0.05) is 24.3 Å². The molecule has 1 aliphatic heterocycles. The Bertz CT molecular complexity index is 861. The van der Waals surface area contributed by atoms with Crippen molar-refractivity contribution in [3.8, 4) is 5.75 Å². The molecule has 0 saturated heterocycles. The Morgan fingerprint density at radius 1 is 1.14 bits per heavy atom. The number of halogens is 3. The molecular formula is C20H19F3N2O4. The van der Waals surface area contributed by atoms with Gasteiger partial charge < -0.3 is 20.1 Å². The molecule has 1 heterocycles. The zero-order chi connectivity index (χ0) is 20.9. The average molecular weight is 408 g/mol. The van der Waals surface area contributed by atoms with Crippen LogP contribution < -0.4 is 15.4 Å². The predicted octanol–water partition coefficient (Wildman–Crippen LogP) is 2.94. The second kappa shape index (κ2) is 8.95. The number of fused-ring (bicyclic) bond motifs is 1. The first kappa shape index (κ1) is 20.7. The summed E-state index contributed by atoms with van der Waals surface area (Å²) in [5.41, 5.74) is 1.62. The Morgan fingerprint density at radius 3 is 2.69 bits per heavy atom. The smallest absolute Gasteiger partial charge is 0.411 e. The highest BCUT2D eigenvalue weighted by molar-refractivity contribution is 5.98. The van der Waals surface area contributed by atoms with Crippen LogP contribution in [0, 0.1) is 0 Å². The number of carbonyl (C=O) groups is 2. The van der Waals surface area contributed by atoms with Crippen molar-refractivity contribution in [2.75, 3.05) is 25.1 Å². The van der Waals surface area contributed by atoms with Crippen molar-refractivity contribution in [2.45, 2.75) is 18.7 Å². The summed E-state index contributed by atoms with van der Waals surface area (Å²) in [4.78, 5) is 24.6. The Hall–Kier alpha value is -3.07. The first-order chi connectivity index (χ1) is 13.8. The molecule has 9 heteroatoms. The highest BCUT2D eigenvalue weighted by atomic mass is 19.4. The molecule has 0 fully saturated rings. The van der Waals surface area contributed by atoms with E-state index in [0.717, 1.165) is 5.56 Å². The molecule has 2 N–H and O–H groups in total. The topological polar surface area (TPSA) is 76.7 Å². The first-order valence-corrected chi connectivity index (χ1v) is 8.90. The van der Waals surface area contributed by atoms with Crippen LogP contribution in [0.4, 0.5) is 18.9 Å². The van der Waals surface area contributed by atoms with E-state index in [4.69, 9.17) is 4.74 Å². The lowest BCUT2D eigenvalue weighted by Crippen LogP contribution is -2.31. The number of hydrogen-bond donors (Lipinski definition) is 2. The van der Waals surface area contributed by atoms with Crippen LogP contribution in [0.5, 0.6) is 5.75 Å². The monoisotopic (exact) mass is 408 g/mol. The zero-order valence-electron chi connectivity index (χ0n) is 15.3. The molecule has 0 bridgehead atoms. The van der Waals surface area contributed by atoms with Gasteiger partial charge in [0, 0.05) is 24.2 Å². The number of hydrogen-bond acceptors (Lipinski definition) is 4. The Labute approximate surface area is 165 Å². The number of nitrogens with one attached hydrogen (secondary N) is 2. The minimum atomic E-state index is -4.40. The van der Waals surface area contributed by atoms with Gasteiger partial charge in [0.25, 0.3) is 11.8 Å². The van der Waals surface area contributed by atoms with Gasteiger partial charge in [0.05, 0.1) is 6.61 Å². The van der Waals surface area contributed by atoms with Crippen molar-refractivity contribution < 1.29 is 32.2 Å². The molecule has 0 aliphatic carbocycles. The van der Waals surface area contributed by atoms with Crippen molar-refractivity contribution in [1.82, 2.24) is 5.32 Å². The summed E-state index contributed by atoms with van der Waals surface area (Å²) in [5.74, 6) is -0.144. The van der Waals surface area contributed by atoms with Gasteiger partial charge in [0.2, 0.25) is 0 Å². The Balaban J connectivity index is 1.49. The number of carbonyl (C=O) groups excluding carboxylic acids is 2. The molecule has 1 unspecified atom stereocenters. The molecule has 0 aromatic heterocycles. The SMILES string of the molecule is O=C(NCCOCC(F)(F)F)c1cccc(NC(=O)C2Cc3ccccc3O2)c1. The van der Waals surface area contributed by atoms with Crippen molar-refractivity contribution in [3.05, 3.63) is 59.7 Å². The van der Waals surface area contributed by atoms with Crippen LogP contribution in [0.3, 0.4) is 0 Å². The number of alkyl halides is 3. The first-order valence-electron chi connectivity index (χ1n) is 8.90. The molecule has 6 nitrogen and oxygen atoms in total. The fraction of sp³-hybridized carbons (Fsp3) is 0.300. The molecule has 0 radical (unpaired) electrons. The summed E-state index contributed by atoms with van der Waals surface area (Å²) in [6.07, 6.45) is -4.60. The number of amides is 2. The zero-order valence-corrected chi connectivity index (χ0v) is 15.3. The van der Waals surface area contributed by atoms with Gasteiger partial charge in [-0.25, -0.2) is 0 Å². The van der Waals surface area contributed by atoms with Crippen LogP contribution in [-0.2, 0) is 16.0 Å². The Morgan fingerprint density at radius 2 is 1.93 bits per heavy atom. The third-order valence-corrected chi connectivity index (χ3v) is 4.13. The molecule has 0 spiro atoms. The lowest BCUT2D eigenvalue weighted by molar-refractivity contribution is -0.173. The number of benzene rings is 2. The molecule has 1 aliphatic rings. The molecule has 29 heavy (non-hydrogen) atoms. The van der Waals surface area contributed by atoms with E-state index in [9.17, 15) is 22.8 Å². The van der Waals surface area contributed by atoms with Gasteiger partial charge in [-0.2, -0.15) is 13.2 Å². The second-order valence-electron chi connectivity index (χ2n) is 6.41. The van der Waals surface area contributed by atoms with E-state index in [1.807, 2.05) is 18.2 Å². The molecule has 1 atom stereocenters. The molecule has 2 aromatic rings. The lowest BCUT2D eigenvalue weighted by Gasteiger charge is -2.12. The summed E-state index contributed by atoms with van der Waals surface area (Å²) in [6.45, 7) is -1.70. The third kappa shape index (κ3) is 5.95. The molecule has 3 rings (SSSR count). The standard InChI is InChI=1S/C20H19F3N2O4/c21-20(22,23)12-28-9-8-24-18(26)14-5-3-6-15(10-14)25-19(27)17-11-13-4-1-2-7-16(13)29-17/h1-7,10,17H,8-9,11-12H2,(H,24,26)(H,25,27). The van der Waals surface area contributed by atoms with Crippen LogP contribution in [0.2, 0.25) is 0 Å². The predicted molar refractivity (Wildman–Crippen MR) is 98.8 cm³/mol. The van der Waals surface area contributed by atoms with Crippen LogP contribution in [0.15, 0.2) is 48.5 Å². The maximum absolute atomic E-state index is 12.4. The third-order valence-electron chi connectivity index (χ3n) is 4.13. The van der Waals surface area contributed by atoms with Crippen molar-refractivity contribution in [3.63, 3.8) is 0 Å². The minimum Gasteiger partial charge on any atom is -0.480 e. The van der Waals surface area contributed by atoms with Crippen molar-refractivity contribution in [2.24, 2.45) is 0 Å². The fourth-order valence-electron chi connectivity index (χ4n) is 2.82. The maximum atomic E-state index is 12.4. The van der Waals surface area contributed by atoms with Crippen LogP contribution in [-0.4, -0.2) is 43.9 Å². The molecule has 0 saturated carbocycles. The van der Waals surface area contributed by atoms with E-state index in [2.05, 4.69) is 15.4 Å². The van der Waals surface area contributed by atoms with E-state index in [1.54, 1.807) is 18.2 Å². The normalized spacial score (nSPS) is 15.3. The van der Waals surface area contributed by atoms with E-state index < -0.39 is 24.8 Å². The van der Waals surface area contributed by atoms with Gasteiger partial charge >= 0.3 is 6.18 Å². The number of ether oxygens (including phenoxy) is 2. The largest absolute Gasteiger partial charge is 0.480 e. The van der Waals surface area contributed by atoms with Crippen molar-refractivity contribution in [1.29, 1.82) is 0 Å². The van der Waals surface area contributed by atoms with E-state index >= 15 is 0 Å². The second-order valence-corrected chi connectivity index (χ2v) is 6.41. The van der Waals surface area contributed by atoms with Gasteiger partial charge in [0.1, 0.15) is 12.4 Å². The summed E-state index contributed by atoms with van der Waals surface area (Å²) in [5, 5.41) is 5.18. The molecule has 2 aromatic carbocycles. The van der Waals surface area contributed by atoms with Crippen LogP contribution >= 0.6 is 0 Å². The highest BCUT2D eigenvalue weighted by Gasteiger charge is 2.29. The lowest BCUT2D eigenvalue weighted by atomic mass is 10.1. The quantitative estimate of drug-likeness (QED) is 0.691. The molecule has 154 valence electrons. The summed E-state index contributed by atoms with van der Waals surface area (Å²) < 4.78 is 46.0. The number of rotatable bonds is 7. The van der Waals surface area contributed by atoms with Gasteiger partial charge in [-0.05, 0) is 29.8 Å². The van der Waals surface area contributed by atoms with Gasteiger partial charge in [-0.3, -0.25) is 9.59 Å². The number of para-hydroxylation sites is 1. The van der Waals surface area contributed by atoms with Gasteiger partial charge in [-0.15, -0.1) is 0 Å².